The molecule has 0 spiro atoms. The zero-order valence-corrected chi connectivity index (χ0v) is 16.7. The summed E-state index contributed by atoms with van der Waals surface area (Å²) in [7, 11) is 1.91. The van der Waals surface area contributed by atoms with Crippen LogP contribution in [0.15, 0.2) is 84.4 Å². The van der Waals surface area contributed by atoms with Gasteiger partial charge in [-0.1, -0.05) is 6.58 Å². The monoisotopic (exact) mass is 418 g/mol. The number of pyridine rings is 1. The molecule has 4 rings (SSSR count). The second kappa shape index (κ2) is 8.66. The number of anilines is 2. The van der Waals surface area contributed by atoms with Crippen LogP contribution in [0.2, 0.25) is 0 Å². The van der Waals surface area contributed by atoms with E-state index in [1.54, 1.807) is 30.3 Å². The molecular formula is C23H19FN4O3. The van der Waals surface area contributed by atoms with Gasteiger partial charge in [-0.05, 0) is 60.7 Å². The van der Waals surface area contributed by atoms with Crippen molar-refractivity contribution in [3.8, 4) is 17.5 Å². The van der Waals surface area contributed by atoms with Gasteiger partial charge in [0.2, 0.25) is 0 Å². The van der Waals surface area contributed by atoms with Gasteiger partial charge in [0, 0.05) is 24.6 Å². The molecule has 1 atom stereocenters. The number of nitrogens with zero attached hydrogens (tertiary/aromatic N) is 3. The summed E-state index contributed by atoms with van der Waals surface area (Å²) in [6.07, 6.45) is 2.59. The largest absolute Gasteiger partial charge is 0.457 e. The Labute approximate surface area is 177 Å². The fourth-order valence-corrected chi connectivity index (χ4v) is 2.94. The third-order valence-electron chi connectivity index (χ3n) is 4.58. The van der Waals surface area contributed by atoms with Gasteiger partial charge in [0.15, 0.2) is 0 Å². The molecule has 1 unspecified atom stereocenters. The number of aromatic nitrogens is 3. The van der Waals surface area contributed by atoms with E-state index in [4.69, 9.17) is 9.47 Å². The van der Waals surface area contributed by atoms with Crippen molar-refractivity contribution >= 4 is 22.3 Å². The number of rotatable bonds is 7. The maximum Gasteiger partial charge on any atom is 0.302 e. The van der Waals surface area contributed by atoms with Crippen LogP contribution in [0.4, 0.5) is 15.8 Å². The third-order valence-corrected chi connectivity index (χ3v) is 4.58. The molecule has 0 saturated heterocycles. The molecule has 2 aromatic heterocycles. The lowest BCUT2D eigenvalue weighted by atomic mass is 10.2. The highest BCUT2D eigenvalue weighted by Crippen LogP contribution is 2.28. The van der Waals surface area contributed by atoms with Gasteiger partial charge in [-0.2, -0.15) is 9.37 Å². The molecule has 0 amide bonds. The Morgan fingerprint density at radius 3 is 2.35 bits per heavy atom. The van der Waals surface area contributed by atoms with Gasteiger partial charge in [0.05, 0.1) is 17.1 Å². The first-order valence-corrected chi connectivity index (χ1v) is 9.42. The van der Waals surface area contributed by atoms with E-state index in [1.165, 1.54) is 12.4 Å². The van der Waals surface area contributed by atoms with Gasteiger partial charge >= 0.3 is 6.01 Å². The number of ether oxygens (including phenoxy) is 2. The Hall–Kier alpha value is -4.20. The zero-order valence-electron chi connectivity index (χ0n) is 16.7. The Bertz CT molecular complexity index is 1260. The highest BCUT2D eigenvalue weighted by molar-refractivity contribution is 5.76. The fourth-order valence-electron chi connectivity index (χ4n) is 2.94. The number of H-pyrrole nitrogens is 1. The van der Waals surface area contributed by atoms with Crippen molar-refractivity contribution in [2.75, 3.05) is 11.9 Å². The van der Waals surface area contributed by atoms with E-state index in [0.717, 1.165) is 17.5 Å². The highest BCUT2D eigenvalue weighted by atomic mass is 19.1. The number of hydrogen-bond acceptors (Lipinski definition) is 6. The van der Waals surface area contributed by atoms with Crippen molar-refractivity contribution in [1.82, 2.24) is 15.0 Å². The molecule has 0 fully saturated rings. The summed E-state index contributed by atoms with van der Waals surface area (Å²) in [4.78, 5) is 25.0. The summed E-state index contributed by atoms with van der Waals surface area (Å²) < 4.78 is 24.0. The van der Waals surface area contributed by atoms with Crippen molar-refractivity contribution in [1.29, 1.82) is 0 Å². The maximum absolute atomic E-state index is 13.2. The number of fused-ring (bicyclic) bond motifs is 1. The average Bonchev–Trinajstić information content (AvgIpc) is 2.79. The number of hydrogen-bond donors (Lipinski definition) is 1. The highest BCUT2D eigenvalue weighted by Gasteiger charge is 2.09. The van der Waals surface area contributed by atoms with Gasteiger partial charge < -0.3 is 14.4 Å². The number of alkyl halides is 1. The molecule has 8 heteroatoms. The van der Waals surface area contributed by atoms with E-state index >= 15 is 0 Å². The summed E-state index contributed by atoms with van der Waals surface area (Å²) in [5.41, 5.74) is 1.96. The van der Waals surface area contributed by atoms with Crippen LogP contribution < -0.4 is 19.9 Å². The summed E-state index contributed by atoms with van der Waals surface area (Å²) in [6.45, 7) is 3.35. The summed E-state index contributed by atoms with van der Waals surface area (Å²) in [5.74, 6) is 0.936. The first-order chi connectivity index (χ1) is 15.0. The van der Waals surface area contributed by atoms with Crippen LogP contribution in [0, 0.1) is 0 Å². The average molecular weight is 418 g/mol. The molecule has 0 aliphatic heterocycles. The van der Waals surface area contributed by atoms with E-state index < -0.39 is 6.36 Å². The normalized spacial score (nSPS) is 11.7. The standard InChI is InChI=1S/C23H19FN4O3/c1-3-21(24)30-17-8-4-15(5-9-17)28(2)16-6-10-18(11-7-16)31-23-26-20-14-25-13-12-19(20)22(29)27-23/h3-14,21H,1H2,2H3,(H,26,27,29). The third kappa shape index (κ3) is 4.53. The number of benzene rings is 2. The molecule has 1 N–H and O–H groups in total. The first-order valence-electron chi connectivity index (χ1n) is 9.42. The predicted octanol–water partition coefficient (Wildman–Crippen LogP) is 4.74. The van der Waals surface area contributed by atoms with Crippen LogP contribution in [-0.2, 0) is 0 Å². The Kier molecular flexibility index (Phi) is 5.61. The van der Waals surface area contributed by atoms with Crippen molar-refractivity contribution < 1.29 is 13.9 Å². The topological polar surface area (TPSA) is 80.3 Å². The molecule has 0 saturated carbocycles. The molecule has 31 heavy (non-hydrogen) atoms. The zero-order chi connectivity index (χ0) is 21.8. The molecular weight excluding hydrogens is 399 g/mol. The smallest absolute Gasteiger partial charge is 0.302 e. The summed E-state index contributed by atoms with van der Waals surface area (Å²) in [5, 5.41) is 0.447. The number of aromatic amines is 1. The van der Waals surface area contributed by atoms with Crippen LogP contribution in [0.25, 0.3) is 10.9 Å². The lowest BCUT2D eigenvalue weighted by Crippen LogP contribution is -2.10. The van der Waals surface area contributed by atoms with Crippen molar-refractivity contribution in [3.05, 3.63) is 90.0 Å². The van der Waals surface area contributed by atoms with Gasteiger partial charge in [-0.15, -0.1) is 0 Å². The number of halogens is 1. The molecule has 0 aliphatic rings. The molecule has 0 aliphatic carbocycles. The van der Waals surface area contributed by atoms with Crippen LogP contribution in [0.5, 0.6) is 17.5 Å². The van der Waals surface area contributed by atoms with Gasteiger partial charge in [-0.25, -0.2) is 0 Å². The van der Waals surface area contributed by atoms with Crippen LogP contribution in [-0.4, -0.2) is 28.4 Å². The number of nitrogens with one attached hydrogen (secondary N) is 1. The lowest BCUT2D eigenvalue weighted by molar-refractivity contribution is 0.114. The Morgan fingerprint density at radius 1 is 1.06 bits per heavy atom. The molecule has 0 radical (unpaired) electrons. The maximum atomic E-state index is 13.2. The minimum atomic E-state index is -1.54. The van der Waals surface area contributed by atoms with Crippen molar-refractivity contribution in [2.24, 2.45) is 0 Å². The van der Waals surface area contributed by atoms with Crippen LogP contribution >= 0.6 is 0 Å². The quantitative estimate of drug-likeness (QED) is 0.437. The minimum Gasteiger partial charge on any atom is -0.457 e. The molecule has 0 bridgehead atoms. The molecule has 156 valence electrons. The fraction of sp³-hybridized carbons (Fsp3) is 0.0870. The Balaban J connectivity index is 1.48. The Morgan fingerprint density at radius 2 is 1.71 bits per heavy atom. The van der Waals surface area contributed by atoms with Crippen LogP contribution in [0.1, 0.15) is 0 Å². The molecule has 2 heterocycles. The van der Waals surface area contributed by atoms with Gasteiger partial charge in [0.1, 0.15) is 11.5 Å². The molecule has 4 aromatic rings. The predicted molar refractivity (Wildman–Crippen MR) is 117 cm³/mol. The minimum absolute atomic E-state index is 0.0906. The van der Waals surface area contributed by atoms with Crippen LogP contribution in [0.3, 0.4) is 0 Å². The van der Waals surface area contributed by atoms with Gasteiger partial charge in [0.25, 0.3) is 11.9 Å². The molecule has 2 aromatic carbocycles. The summed E-state index contributed by atoms with van der Waals surface area (Å²) in [6, 6.07) is 16.0. The lowest BCUT2D eigenvalue weighted by Gasteiger charge is -2.20. The SMILES string of the molecule is C=CC(F)Oc1ccc(N(C)c2ccc(Oc3nc4cnccc4c(=O)[nH]3)cc2)cc1. The second-order valence-corrected chi connectivity index (χ2v) is 6.62. The van der Waals surface area contributed by atoms with E-state index in [2.05, 4.69) is 21.5 Å². The van der Waals surface area contributed by atoms with Gasteiger partial charge in [-0.3, -0.25) is 14.8 Å². The van der Waals surface area contributed by atoms with E-state index in [0.29, 0.717) is 22.4 Å². The van der Waals surface area contributed by atoms with Crippen molar-refractivity contribution in [2.45, 2.75) is 6.36 Å². The second-order valence-electron chi connectivity index (χ2n) is 6.62. The van der Waals surface area contributed by atoms with E-state index in [1.807, 2.05) is 36.2 Å². The summed E-state index contributed by atoms with van der Waals surface area (Å²) >= 11 is 0. The molecule has 7 nitrogen and oxygen atoms in total. The van der Waals surface area contributed by atoms with E-state index in [-0.39, 0.29) is 11.6 Å². The van der Waals surface area contributed by atoms with Crippen molar-refractivity contribution in [3.63, 3.8) is 0 Å². The first kappa shape index (κ1) is 20.1. The van der Waals surface area contributed by atoms with E-state index in [9.17, 15) is 9.18 Å².